The van der Waals surface area contributed by atoms with E-state index in [-0.39, 0.29) is 18.6 Å². The predicted octanol–water partition coefficient (Wildman–Crippen LogP) is 1.54. The molecule has 5 rings (SSSR count). The number of hydrogen-bond acceptors (Lipinski definition) is 6. The highest BCUT2D eigenvalue weighted by Crippen LogP contribution is 2.39. The van der Waals surface area contributed by atoms with E-state index in [1.54, 1.807) is 35.4 Å². The molecule has 1 amide bonds. The maximum atomic E-state index is 13.4. The molecule has 9 heteroatoms. The van der Waals surface area contributed by atoms with Crippen LogP contribution in [0.25, 0.3) is 0 Å². The van der Waals surface area contributed by atoms with Gasteiger partial charge in [0.15, 0.2) is 0 Å². The molecule has 29 heavy (non-hydrogen) atoms. The molecule has 3 aliphatic rings. The first-order valence-electron chi connectivity index (χ1n) is 9.93. The second kappa shape index (κ2) is 7.07. The second-order valence-electron chi connectivity index (χ2n) is 7.69. The number of aromatic nitrogens is 2. The fraction of sp³-hybridized carbons (Fsp3) is 0.450. The zero-order chi connectivity index (χ0) is 20.0. The third-order valence-corrected chi connectivity index (χ3v) is 7.68. The van der Waals surface area contributed by atoms with Gasteiger partial charge in [0.1, 0.15) is 6.10 Å². The summed E-state index contributed by atoms with van der Waals surface area (Å²) >= 11 is 0. The lowest BCUT2D eigenvalue weighted by molar-refractivity contribution is -0.118. The maximum absolute atomic E-state index is 13.4. The molecular formula is C20H22N4O4S. The van der Waals surface area contributed by atoms with E-state index in [9.17, 15) is 13.2 Å². The molecule has 4 heterocycles. The molecule has 1 aromatic heterocycles. The van der Waals surface area contributed by atoms with Crippen molar-refractivity contribution in [3.63, 3.8) is 0 Å². The SMILES string of the molecule is O=C1CCc2cc(S(=O)(=O)N3CCCC(Oc4cccnn4)C3)cc3c2N1CC3. The number of nitrogens with zero attached hydrogens (tertiary/aromatic N) is 4. The molecule has 0 radical (unpaired) electrons. The van der Waals surface area contributed by atoms with E-state index in [4.69, 9.17) is 4.74 Å². The summed E-state index contributed by atoms with van der Waals surface area (Å²) in [6.45, 7) is 1.40. The molecule has 0 bridgehead atoms. The molecule has 0 aliphatic carbocycles. The monoisotopic (exact) mass is 414 g/mol. The van der Waals surface area contributed by atoms with Crippen molar-refractivity contribution in [3.05, 3.63) is 41.6 Å². The minimum atomic E-state index is -3.63. The number of hydrogen-bond donors (Lipinski definition) is 0. The van der Waals surface area contributed by atoms with Gasteiger partial charge in [-0.1, -0.05) is 0 Å². The number of carbonyl (C=O) groups excluding carboxylic acids is 1. The van der Waals surface area contributed by atoms with Gasteiger partial charge in [0.2, 0.25) is 21.8 Å². The van der Waals surface area contributed by atoms with Gasteiger partial charge in [-0.15, -0.1) is 5.10 Å². The smallest absolute Gasteiger partial charge is 0.243 e. The first-order chi connectivity index (χ1) is 14.0. The molecule has 8 nitrogen and oxygen atoms in total. The minimum absolute atomic E-state index is 0.131. The summed E-state index contributed by atoms with van der Waals surface area (Å²) in [4.78, 5) is 14.2. The Labute approximate surface area is 169 Å². The molecule has 1 saturated heterocycles. The van der Waals surface area contributed by atoms with Crippen LogP contribution in [0.2, 0.25) is 0 Å². The quantitative estimate of drug-likeness (QED) is 0.754. The average molecular weight is 414 g/mol. The maximum Gasteiger partial charge on any atom is 0.243 e. The van der Waals surface area contributed by atoms with Gasteiger partial charge in [-0.05, 0) is 55.0 Å². The molecule has 0 saturated carbocycles. The van der Waals surface area contributed by atoms with Crippen LogP contribution >= 0.6 is 0 Å². The fourth-order valence-electron chi connectivity index (χ4n) is 4.46. The Morgan fingerprint density at radius 1 is 1.10 bits per heavy atom. The molecule has 1 aromatic carbocycles. The molecule has 0 N–H and O–H groups in total. The highest BCUT2D eigenvalue weighted by Gasteiger charge is 2.36. The zero-order valence-corrected chi connectivity index (χ0v) is 16.8. The van der Waals surface area contributed by atoms with Crippen LogP contribution in [0.4, 0.5) is 5.69 Å². The van der Waals surface area contributed by atoms with Crippen LogP contribution < -0.4 is 9.64 Å². The number of ether oxygens (including phenoxy) is 1. The number of benzene rings is 1. The highest BCUT2D eigenvalue weighted by molar-refractivity contribution is 7.89. The van der Waals surface area contributed by atoms with E-state index in [1.165, 1.54) is 4.31 Å². The predicted molar refractivity (Wildman–Crippen MR) is 105 cm³/mol. The topological polar surface area (TPSA) is 92.7 Å². The minimum Gasteiger partial charge on any atom is -0.472 e. The number of sulfonamides is 1. The first-order valence-corrected chi connectivity index (χ1v) is 11.4. The van der Waals surface area contributed by atoms with Crippen molar-refractivity contribution in [3.8, 4) is 5.88 Å². The summed E-state index contributed by atoms with van der Waals surface area (Å²) in [5.41, 5.74) is 2.85. The van der Waals surface area contributed by atoms with Gasteiger partial charge in [-0.25, -0.2) is 8.42 Å². The van der Waals surface area contributed by atoms with E-state index >= 15 is 0 Å². The fourth-order valence-corrected chi connectivity index (χ4v) is 6.08. The summed E-state index contributed by atoms with van der Waals surface area (Å²) in [5, 5.41) is 7.73. The van der Waals surface area contributed by atoms with Gasteiger partial charge in [0.05, 0.1) is 17.1 Å². The van der Waals surface area contributed by atoms with Gasteiger partial charge in [0.25, 0.3) is 0 Å². The standard InChI is InChI=1S/C20H22N4O4S/c25-19-6-5-14-11-17(12-15-7-10-24(19)20(14)15)29(26,27)23-9-2-3-16(13-23)28-18-4-1-8-21-22-18/h1,4,8,11-12,16H,2-3,5-7,9-10,13H2. The molecule has 2 aromatic rings. The Balaban J connectivity index is 1.40. The number of carbonyl (C=O) groups is 1. The lowest BCUT2D eigenvalue weighted by atomic mass is 10.00. The Bertz CT molecular complexity index is 1060. The van der Waals surface area contributed by atoms with Crippen LogP contribution in [0.15, 0.2) is 35.4 Å². The van der Waals surface area contributed by atoms with E-state index in [1.807, 2.05) is 0 Å². The van der Waals surface area contributed by atoms with E-state index in [0.29, 0.717) is 43.1 Å². The normalized spacial score (nSPS) is 21.9. The lowest BCUT2D eigenvalue weighted by Crippen LogP contribution is -2.44. The van der Waals surface area contributed by atoms with Gasteiger partial charge >= 0.3 is 0 Å². The van der Waals surface area contributed by atoms with Crippen molar-refractivity contribution in [2.75, 3.05) is 24.5 Å². The van der Waals surface area contributed by atoms with Crippen LogP contribution in [0.1, 0.15) is 30.4 Å². The third kappa shape index (κ3) is 3.28. The average Bonchev–Trinajstić information content (AvgIpc) is 3.17. The first kappa shape index (κ1) is 18.5. The lowest BCUT2D eigenvalue weighted by Gasteiger charge is -2.32. The number of rotatable bonds is 4. The van der Waals surface area contributed by atoms with Crippen LogP contribution in [-0.2, 0) is 27.7 Å². The van der Waals surface area contributed by atoms with Crippen molar-refractivity contribution in [2.24, 2.45) is 0 Å². The molecule has 1 unspecified atom stereocenters. The molecule has 1 atom stereocenters. The van der Waals surface area contributed by atoms with Crippen LogP contribution in [-0.4, -0.2) is 54.6 Å². The largest absolute Gasteiger partial charge is 0.472 e. The Kier molecular flexibility index (Phi) is 4.51. The Hall–Kier alpha value is -2.52. The van der Waals surface area contributed by atoms with Crippen molar-refractivity contribution in [2.45, 2.75) is 43.1 Å². The van der Waals surface area contributed by atoms with Gasteiger partial charge in [-0.3, -0.25) is 4.79 Å². The van der Waals surface area contributed by atoms with Crippen molar-refractivity contribution < 1.29 is 17.9 Å². The summed E-state index contributed by atoms with van der Waals surface area (Å²) in [5.74, 6) is 0.537. The summed E-state index contributed by atoms with van der Waals surface area (Å²) in [6.07, 6.45) is 4.55. The van der Waals surface area contributed by atoms with Crippen LogP contribution in [0, 0.1) is 0 Å². The summed E-state index contributed by atoms with van der Waals surface area (Å²) < 4.78 is 34.1. The molecule has 1 fully saturated rings. The van der Waals surface area contributed by atoms with Crippen LogP contribution in [0.3, 0.4) is 0 Å². The number of anilines is 1. The van der Waals surface area contributed by atoms with E-state index in [0.717, 1.165) is 29.7 Å². The van der Waals surface area contributed by atoms with Crippen LogP contribution in [0.5, 0.6) is 5.88 Å². The van der Waals surface area contributed by atoms with Crippen molar-refractivity contribution >= 4 is 21.6 Å². The third-order valence-electron chi connectivity index (χ3n) is 5.84. The van der Waals surface area contributed by atoms with Crippen molar-refractivity contribution in [1.29, 1.82) is 0 Å². The van der Waals surface area contributed by atoms with Gasteiger partial charge < -0.3 is 9.64 Å². The molecular weight excluding hydrogens is 392 g/mol. The van der Waals surface area contributed by atoms with Crippen molar-refractivity contribution in [1.82, 2.24) is 14.5 Å². The Morgan fingerprint density at radius 2 is 1.93 bits per heavy atom. The molecule has 152 valence electrons. The summed E-state index contributed by atoms with van der Waals surface area (Å²) in [7, 11) is -3.63. The van der Waals surface area contributed by atoms with Gasteiger partial charge in [0, 0.05) is 31.8 Å². The molecule has 0 spiro atoms. The van der Waals surface area contributed by atoms with E-state index < -0.39 is 10.0 Å². The van der Waals surface area contributed by atoms with E-state index in [2.05, 4.69) is 10.2 Å². The summed E-state index contributed by atoms with van der Waals surface area (Å²) in [6, 6.07) is 6.97. The zero-order valence-electron chi connectivity index (χ0n) is 16.0. The van der Waals surface area contributed by atoms with Gasteiger partial charge in [-0.2, -0.15) is 9.40 Å². The highest BCUT2D eigenvalue weighted by atomic mass is 32.2. The second-order valence-corrected chi connectivity index (χ2v) is 9.63. The number of piperidine rings is 1. The number of aryl methyl sites for hydroxylation is 1. The molecule has 3 aliphatic heterocycles. The Morgan fingerprint density at radius 3 is 2.72 bits per heavy atom. The number of amides is 1.